The minimum Gasteiger partial charge on any atom is -0.383 e. The maximum atomic E-state index is 12.1. The molecule has 116 valence electrons. The third kappa shape index (κ3) is 4.51. The van der Waals surface area contributed by atoms with Crippen molar-refractivity contribution in [1.82, 2.24) is 10.2 Å². The topological polar surface area (TPSA) is 76.1 Å². The Balaban J connectivity index is 1.98. The predicted molar refractivity (Wildman–Crippen MR) is 89.2 cm³/mol. The number of rotatable bonds is 6. The zero-order chi connectivity index (χ0) is 15.9. The fourth-order valence-corrected chi connectivity index (χ4v) is 1.99. The van der Waals surface area contributed by atoms with Crippen molar-refractivity contribution in [3.05, 3.63) is 46.1 Å². The lowest BCUT2D eigenvalue weighted by molar-refractivity contribution is 0.102. The Morgan fingerprint density at radius 1 is 1.27 bits per heavy atom. The molecule has 7 heteroatoms. The maximum absolute atomic E-state index is 12.1. The molecule has 0 spiro atoms. The van der Waals surface area contributed by atoms with Crippen molar-refractivity contribution in [1.29, 1.82) is 0 Å². The van der Waals surface area contributed by atoms with Crippen LogP contribution in [-0.4, -0.2) is 36.4 Å². The number of amides is 1. The molecule has 0 saturated heterocycles. The van der Waals surface area contributed by atoms with E-state index in [0.717, 1.165) is 15.7 Å². The second-order valence-corrected chi connectivity index (χ2v) is 5.50. The number of ether oxygens (including phenoxy) is 1. The van der Waals surface area contributed by atoms with Crippen molar-refractivity contribution in [3.8, 4) is 0 Å². The SMILES string of the molecule is COCCNc1ccc(C(=O)Nc2ccc(Br)c(C)c2)nn1. The van der Waals surface area contributed by atoms with Crippen LogP contribution in [0.25, 0.3) is 0 Å². The Bertz CT molecular complexity index is 646. The van der Waals surface area contributed by atoms with Gasteiger partial charge in [0.05, 0.1) is 6.61 Å². The Labute approximate surface area is 137 Å². The summed E-state index contributed by atoms with van der Waals surface area (Å²) in [5, 5.41) is 13.7. The second kappa shape index (κ2) is 7.86. The Morgan fingerprint density at radius 2 is 2.09 bits per heavy atom. The van der Waals surface area contributed by atoms with Crippen LogP contribution in [0.3, 0.4) is 0 Å². The highest BCUT2D eigenvalue weighted by molar-refractivity contribution is 9.10. The van der Waals surface area contributed by atoms with E-state index < -0.39 is 0 Å². The number of anilines is 2. The summed E-state index contributed by atoms with van der Waals surface area (Å²) in [6.45, 7) is 3.17. The normalized spacial score (nSPS) is 10.3. The molecular formula is C15H17BrN4O2. The number of carbonyl (C=O) groups excluding carboxylic acids is 1. The van der Waals surface area contributed by atoms with E-state index in [1.165, 1.54) is 0 Å². The summed E-state index contributed by atoms with van der Waals surface area (Å²) < 4.78 is 5.93. The lowest BCUT2D eigenvalue weighted by atomic mass is 10.2. The molecule has 0 bridgehead atoms. The number of methoxy groups -OCH3 is 1. The van der Waals surface area contributed by atoms with Crippen LogP contribution in [0.4, 0.5) is 11.5 Å². The van der Waals surface area contributed by atoms with E-state index in [1.807, 2.05) is 25.1 Å². The number of nitrogens with zero attached hydrogens (tertiary/aromatic N) is 2. The van der Waals surface area contributed by atoms with E-state index in [-0.39, 0.29) is 11.6 Å². The summed E-state index contributed by atoms with van der Waals surface area (Å²) in [4.78, 5) is 12.1. The number of hydrogen-bond acceptors (Lipinski definition) is 5. The number of halogens is 1. The standard InChI is InChI=1S/C15H17BrN4O2/c1-10-9-11(3-4-12(10)16)18-15(21)13-5-6-14(20-19-13)17-7-8-22-2/h3-6,9H,7-8H2,1-2H3,(H,17,20)(H,18,21). The molecule has 0 unspecified atom stereocenters. The van der Waals surface area contributed by atoms with Crippen LogP contribution in [0.1, 0.15) is 16.1 Å². The molecule has 2 aromatic rings. The Morgan fingerprint density at radius 3 is 2.73 bits per heavy atom. The molecule has 1 amide bonds. The first-order chi connectivity index (χ1) is 10.6. The molecule has 2 rings (SSSR count). The minimum absolute atomic E-state index is 0.262. The molecule has 0 aliphatic rings. The molecule has 2 N–H and O–H groups in total. The number of aryl methyl sites for hydroxylation is 1. The van der Waals surface area contributed by atoms with Gasteiger partial charge in [0.15, 0.2) is 5.69 Å². The van der Waals surface area contributed by atoms with E-state index in [0.29, 0.717) is 19.0 Å². The van der Waals surface area contributed by atoms with Gasteiger partial charge in [-0.25, -0.2) is 0 Å². The van der Waals surface area contributed by atoms with Gasteiger partial charge >= 0.3 is 0 Å². The third-order valence-electron chi connectivity index (χ3n) is 2.93. The van der Waals surface area contributed by atoms with Crippen molar-refractivity contribution in [3.63, 3.8) is 0 Å². The summed E-state index contributed by atoms with van der Waals surface area (Å²) in [5.74, 6) is 0.311. The van der Waals surface area contributed by atoms with Crippen LogP contribution in [0.5, 0.6) is 0 Å². The molecule has 0 radical (unpaired) electrons. The fourth-order valence-electron chi connectivity index (χ4n) is 1.75. The van der Waals surface area contributed by atoms with Crippen molar-refractivity contribution >= 4 is 33.3 Å². The molecule has 22 heavy (non-hydrogen) atoms. The van der Waals surface area contributed by atoms with Gasteiger partial charge in [0.2, 0.25) is 0 Å². The van der Waals surface area contributed by atoms with Crippen molar-refractivity contribution in [2.24, 2.45) is 0 Å². The Hall–Kier alpha value is -1.99. The quantitative estimate of drug-likeness (QED) is 0.770. The molecule has 0 atom stereocenters. The van der Waals surface area contributed by atoms with Crippen LogP contribution in [0.15, 0.2) is 34.8 Å². The zero-order valence-corrected chi connectivity index (χ0v) is 14.0. The summed E-state index contributed by atoms with van der Waals surface area (Å²) in [7, 11) is 1.63. The predicted octanol–water partition coefficient (Wildman–Crippen LogP) is 2.86. The molecule has 6 nitrogen and oxygen atoms in total. The molecular weight excluding hydrogens is 348 g/mol. The third-order valence-corrected chi connectivity index (χ3v) is 3.82. The number of hydrogen-bond donors (Lipinski definition) is 2. The molecule has 1 aromatic heterocycles. The van der Waals surface area contributed by atoms with Crippen LogP contribution in [-0.2, 0) is 4.74 Å². The van der Waals surface area contributed by atoms with E-state index >= 15 is 0 Å². The average molecular weight is 365 g/mol. The number of nitrogens with one attached hydrogen (secondary N) is 2. The second-order valence-electron chi connectivity index (χ2n) is 4.64. The van der Waals surface area contributed by atoms with E-state index in [1.54, 1.807) is 19.2 Å². The van der Waals surface area contributed by atoms with E-state index in [2.05, 4.69) is 36.8 Å². The summed E-state index contributed by atoms with van der Waals surface area (Å²) in [6.07, 6.45) is 0. The summed E-state index contributed by atoms with van der Waals surface area (Å²) in [5.41, 5.74) is 2.02. The van der Waals surface area contributed by atoms with Crippen LogP contribution in [0, 0.1) is 6.92 Å². The van der Waals surface area contributed by atoms with Crippen LogP contribution < -0.4 is 10.6 Å². The lowest BCUT2D eigenvalue weighted by Gasteiger charge is -2.07. The zero-order valence-electron chi connectivity index (χ0n) is 12.4. The van der Waals surface area contributed by atoms with Gasteiger partial charge in [-0.3, -0.25) is 4.79 Å². The highest BCUT2D eigenvalue weighted by Crippen LogP contribution is 2.20. The molecule has 1 aromatic carbocycles. The van der Waals surface area contributed by atoms with Gasteiger partial charge in [-0.2, -0.15) is 0 Å². The molecule has 1 heterocycles. The van der Waals surface area contributed by atoms with Gasteiger partial charge in [0, 0.05) is 23.8 Å². The Kier molecular flexibility index (Phi) is 5.85. The first-order valence-electron chi connectivity index (χ1n) is 6.74. The van der Waals surface area contributed by atoms with Gasteiger partial charge < -0.3 is 15.4 Å². The van der Waals surface area contributed by atoms with Gasteiger partial charge in [0.1, 0.15) is 5.82 Å². The minimum atomic E-state index is -0.294. The van der Waals surface area contributed by atoms with Crippen molar-refractivity contribution < 1.29 is 9.53 Å². The summed E-state index contributed by atoms with van der Waals surface area (Å²) in [6, 6.07) is 8.94. The smallest absolute Gasteiger partial charge is 0.276 e. The van der Waals surface area contributed by atoms with Gasteiger partial charge in [-0.05, 0) is 42.8 Å². The van der Waals surface area contributed by atoms with Gasteiger partial charge in [-0.1, -0.05) is 15.9 Å². The number of carbonyl (C=O) groups is 1. The van der Waals surface area contributed by atoms with Gasteiger partial charge in [-0.15, -0.1) is 10.2 Å². The lowest BCUT2D eigenvalue weighted by Crippen LogP contribution is -2.15. The fraction of sp³-hybridized carbons (Fsp3) is 0.267. The van der Waals surface area contributed by atoms with E-state index in [9.17, 15) is 4.79 Å². The molecule has 0 aliphatic carbocycles. The van der Waals surface area contributed by atoms with Crippen LogP contribution in [0.2, 0.25) is 0 Å². The first-order valence-corrected chi connectivity index (χ1v) is 7.53. The highest BCUT2D eigenvalue weighted by atomic mass is 79.9. The largest absolute Gasteiger partial charge is 0.383 e. The number of aromatic nitrogens is 2. The molecule has 0 fully saturated rings. The van der Waals surface area contributed by atoms with Crippen LogP contribution >= 0.6 is 15.9 Å². The summed E-state index contributed by atoms with van der Waals surface area (Å²) >= 11 is 3.42. The highest BCUT2D eigenvalue weighted by Gasteiger charge is 2.09. The molecule has 0 saturated carbocycles. The maximum Gasteiger partial charge on any atom is 0.276 e. The first kappa shape index (κ1) is 16.4. The molecule has 0 aliphatic heterocycles. The van der Waals surface area contributed by atoms with E-state index in [4.69, 9.17) is 4.74 Å². The van der Waals surface area contributed by atoms with Gasteiger partial charge in [0.25, 0.3) is 5.91 Å². The number of benzene rings is 1. The monoisotopic (exact) mass is 364 g/mol. The average Bonchev–Trinajstić information content (AvgIpc) is 2.52. The van der Waals surface area contributed by atoms with Crippen molar-refractivity contribution in [2.45, 2.75) is 6.92 Å². The van der Waals surface area contributed by atoms with Crippen molar-refractivity contribution in [2.75, 3.05) is 30.9 Å².